The molecule has 320 valence electrons. The van der Waals surface area contributed by atoms with Crippen LogP contribution in [-0.2, 0) is 5.41 Å². The molecule has 1 heterocycles. The molecule has 0 bridgehead atoms. The molecule has 0 fully saturated rings. The van der Waals surface area contributed by atoms with Gasteiger partial charge in [-0.2, -0.15) is 0 Å². The van der Waals surface area contributed by atoms with E-state index in [1.54, 1.807) is 0 Å². The first kappa shape index (κ1) is 39.4. The van der Waals surface area contributed by atoms with Crippen LogP contribution in [0.1, 0.15) is 22.3 Å². The van der Waals surface area contributed by atoms with Crippen LogP contribution in [0.15, 0.2) is 271 Å². The first-order chi connectivity index (χ1) is 33.7. The molecule has 13 rings (SSSR count). The first-order valence-corrected chi connectivity index (χ1v) is 23.3. The standard InChI is InChI=1S/C65H44N2O/c1-3-20-49(21-4-1)65(59-31-12-9-28-56(59)57-29-10-13-32-60(57)65)50-22-15-25-53(43-50)67(61-33-17-35-63-64(61)58-30-11-14-34-62(58)68-63)55-27-16-26-54(44-55)66(51-23-5-2-6-24-51)52-40-38-46(39-41-52)48-37-36-45-18-7-8-19-47(45)42-48/h1-44H. The molecule has 11 aromatic carbocycles. The van der Waals surface area contributed by atoms with Crippen molar-refractivity contribution in [3.8, 4) is 22.3 Å². The van der Waals surface area contributed by atoms with Gasteiger partial charge in [0, 0.05) is 33.8 Å². The molecular weight excluding hydrogens is 825 g/mol. The Morgan fingerprint density at radius 3 is 1.60 bits per heavy atom. The van der Waals surface area contributed by atoms with Crippen LogP contribution < -0.4 is 9.80 Å². The summed E-state index contributed by atoms with van der Waals surface area (Å²) in [5.41, 5.74) is 17.3. The molecule has 0 unspecified atom stereocenters. The predicted molar refractivity (Wildman–Crippen MR) is 283 cm³/mol. The van der Waals surface area contributed by atoms with E-state index in [0.29, 0.717) is 0 Å². The van der Waals surface area contributed by atoms with Crippen LogP contribution in [0.3, 0.4) is 0 Å². The van der Waals surface area contributed by atoms with E-state index in [1.807, 2.05) is 6.07 Å². The van der Waals surface area contributed by atoms with Gasteiger partial charge >= 0.3 is 0 Å². The van der Waals surface area contributed by atoms with Crippen LogP contribution >= 0.6 is 0 Å². The van der Waals surface area contributed by atoms with Gasteiger partial charge < -0.3 is 14.2 Å². The molecule has 1 aliphatic rings. The van der Waals surface area contributed by atoms with Gasteiger partial charge in [-0.1, -0.05) is 188 Å². The second-order valence-corrected chi connectivity index (χ2v) is 17.6. The minimum atomic E-state index is -0.560. The average molecular weight is 869 g/mol. The Labute approximate surface area is 396 Å². The summed E-state index contributed by atoms with van der Waals surface area (Å²) in [5.74, 6) is 0. The fraction of sp³-hybridized carbons (Fsp3) is 0.0154. The Bertz CT molecular complexity index is 3770. The van der Waals surface area contributed by atoms with E-state index in [1.165, 1.54) is 55.3 Å². The number of fused-ring (bicyclic) bond motifs is 7. The highest BCUT2D eigenvalue weighted by Crippen LogP contribution is 2.57. The highest BCUT2D eigenvalue weighted by atomic mass is 16.3. The topological polar surface area (TPSA) is 19.6 Å². The molecule has 3 heteroatoms. The highest BCUT2D eigenvalue weighted by Gasteiger charge is 2.46. The molecular formula is C65H44N2O. The molecule has 1 aromatic heterocycles. The lowest BCUT2D eigenvalue weighted by atomic mass is 9.67. The van der Waals surface area contributed by atoms with Crippen LogP contribution in [0.5, 0.6) is 0 Å². The van der Waals surface area contributed by atoms with Crippen LogP contribution in [-0.4, -0.2) is 0 Å². The number of rotatable bonds is 9. The van der Waals surface area contributed by atoms with E-state index < -0.39 is 5.41 Å². The molecule has 0 atom stereocenters. The quantitative estimate of drug-likeness (QED) is 0.144. The number of hydrogen-bond acceptors (Lipinski definition) is 3. The minimum Gasteiger partial charge on any atom is -0.456 e. The lowest BCUT2D eigenvalue weighted by Crippen LogP contribution is -2.28. The van der Waals surface area contributed by atoms with E-state index in [0.717, 1.165) is 56.1 Å². The number of para-hydroxylation sites is 2. The number of hydrogen-bond donors (Lipinski definition) is 0. The molecule has 12 aromatic rings. The summed E-state index contributed by atoms with van der Waals surface area (Å²) in [5, 5.41) is 4.62. The number of benzene rings is 11. The third-order valence-electron chi connectivity index (χ3n) is 13.9. The van der Waals surface area contributed by atoms with E-state index in [9.17, 15) is 0 Å². The second-order valence-electron chi connectivity index (χ2n) is 17.6. The summed E-state index contributed by atoms with van der Waals surface area (Å²) < 4.78 is 6.58. The Balaban J connectivity index is 1.01. The molecule has 0 N–H and O–H groups in total. The summed E-state index contributed by atoms with van der Waals surface area (Å²) in [7, 11) is 0. The molecule has 0 spiro atoms. The Morgan fingerprint density at radius 1 is 0.309 bits per heavy atom. The third-order valence-corrected chi connectivity index (χ3v) is 13.9. The smallest absolute Gasteiger partial charge is 0.137 e. The van der Waals surface area contributed by atoms with Gasteiger partial charge in [-0.3, -0.25) is 0 Å². The zero-order chi connectivity index (χ0) is 45.0. The van der Waals surface area contributed by atoms with Crippen molar-refractivity contribution in [1.29, 1.82) is 0 Å². The van der Waals surface area contributed by atoms with Crippen LogP contribution in [0.4, 0.5) is 34.1 Å². The van der Waals surface area contributed by atoms with Gasteiger partial charge in [-0.05, 0) is 134 Å². The monoisotopic (exact) mass is 868 g/mol. The fourth-order valence-corrected chi connectivity index (χ4v) is 10.9. The summed E-state index contributed by atoms with van der Waals surface area (Å²) in [6, 6.07) is 96.8. The zero-order valence-corrected chi connectivity index (χ0v) is 37.2. The maximum Gasteiger partial charge on any atom is 0.137 e. The zero-order valence-electron chi connectivity index (χ0n) is 37.2. The van der Waals surface area contributed by atoms with Crippen molar-refractivity contribution in [3.05, 3.63) is 289 Å². The van der Waals surface area contributed by atoms with E-state index in [2.05, 4.69) is 271 Å². The van der Waals surface area contributed by atoms with Gasteiger partial charge in [0.2, 0.25) is 0 Å². The Kier molecular flexibility index (Phi) is 9.40. The molecule has 0 radical (unpaired) electrons. The Morgan fingerprint density at radius 2 is 0.838 bits per heavy atom. The number of furan rings is 1. The first-order valence-electron chi connectivity index (χ1n) is 23.3. The molecule has 0 saturated carbocycles. The molecule has 0 amide bonds. The SMILES string of the molecule is c1ccc(N(c2ccc(-c3ccc4ccccc4c3)cc2)c2cccc(N(c3cccc(C4(c5ccccc5)c5ccccc5-c5ccccc54)c3)c3cccc4oc5ccccc5c34)c2)cc1. The maximum absolute atomic E-state index is 6.58. The van der Waals surface area contributed by atoms with E-state index >= 15 is 0 Å². The van der Waals surface area contributed by atoms with Gasteiger partial charge in [0.15, 0.2) is 0 Å². The number of anilines is 6. The normalized spacial score (nSPS) is 12.5. The van der Waals surface area contributed by atoms with Crippen molar-refractivity contribution >= 4 is 66.8 Å². The predicted octanol–water partition coefficient (Wildman–Crippen LogP) is 17.7. The van der Waals surface area contributed by atoms with Gasteiger partial charge in [0.25, 0.3) is 0 Å². The third kappa shape index (κ3) is 6.35. The second kappa shape index (κ2) is 16.2. The summed E-state index contributed by atoms with van der Waals surface area (Å²) >= 11 is 0. The van der Waals surface area contributed by atoms with Crippen molar-refractivity contribution in [2.24, 2.45) is 0 Å². The van der Waals surface area contributed by atoms with Gasteiger partial charge in [0.05, 0.1) is 16.5 Å². The fourth-order valence-electron chi connectivity index (χ4n) is 10.9. The summed E-state index contributed by atoms with van der Waals surface area (Å²) in [6.45, 7) is 0. The Hall–Kier alpha value is -8.92. The molecule has 1 aliphatic carbocycles. The highest BCUT2D eigenvalue weighted by molar-refractivity contribution is 6.13. The van der Waals surface area contributed by atoms with Crippen molar-refractivity contribution in [2.45, 2.75) is 5.41 Å². The van der Waals surface area contributed by atoms with Gasteiger partial charge in [-0.25, -0.2) is 0 Å². The summed E-state index contributed by atoms with van der Waals surface area (Å²) in [6.07, 6.45) is 0. The average Bonchev–Trinajstić information content (AvgIpc) is 3.94. The molecule has 3 nitrogen and oxygen atoms in total. The summed E-state index contributed by atoms with van der Waals surface area (Å²) in [4.78, 5) is 4.78. The minimum absolute atomic E-state index is 0.560. The van der Waals surface area contributed by atoms with E-state index in [4.69, 9.17) is 4.42 Å². The van der Waals surface area contributed by atoms with Gasteiger partial charge in [0.1, 0.15) is 11.2 Å². The van der Waals surface area contributed by atoms with Crippen LogP contribution in [0.2, 0.25) is 0 Å². The van der Waals surface area contributed by atoms with Crippen molar-refractivity contribution in [3.63, 3.8) is 0 Å². The maximum atomic E-state index is 6.58. The lowest BCUT2D eigenvalue weighted by Gasteiger charge is -2.35. The van der Waals surface area contributed by atoms with Gasteiger partial charge in [-0.15, -0.1) is 0 Å². The van der Waals surface area contributed by atoms with Crippen LogP contribution in [0, 0.1) is 0 Å². The lowest BCUT2D eigenvalue weighted by molar-refractivity contribution is 0.669. The van der Waals surface area contributed by atoms with Crippen LogP contribution in [0.25, 0.3) is 55.0 Å². The van der Waals surface area contributed by atoms with Crippen molar-refractivity contribution in [1.82, 2.24) is 0 Å². The van der Waals surface area contributed by atoms with Crippen molar-refractivity contribution < 1.29 is 4.42 Å². The molecule has 68 heavy (non-hydrogen) atoms. The largest absolute Gasteiger partial charge is 0.456 e. The number of nitrogens with zero attached hydrogens (tertiary/aromatic N) is 2. The van der Waals surface area contributed by atoms with E-state index in [-0.39, 0.29) is 0 Å². The molecule has 0 aliphatic heterocycles. The molecule has 0 saturated heterocycles. The van der Waals surface area contributed by atoms with Crippen molar-refractivity contribution in [2.75, 3.05) is 9.80 Å².